The van der Waals surface area contributed by atoms with Gasteiger partial charge in [0.1, 0.15) is 5.03 Å². The van der Waals surface area contributed by atoms with E-state index >= 15 is 0 Å². The molecule has 106 valence electrons. The molecule has 0 amide bonds. The lowest BCUT2D eigenvalue weighted by molar-refractivity contribution is 0.597. The molecule has 0 fully saturated rings. The summed E-state index contributed by atoms with van der Waals surface area (Å²) in [6, 6.07) is 10.8. The molecule has 1 aromatic heterocycles. The summed E-state index contributed by atoms with van der Waals surface area (Å²) in [6.45, 7) is 5.26. The molecule has 0 saturated heterocycles. The van der Waals surface area contributed by atoms with Crippen LogP contribution in [0.2, 0.25) is 0 Å². The molecule has 5 heteroatoms. The van der Waals surface area contributed by atoms with Crippen LogP contribution < -0.4 is 5.32 Å². The summed E-state index contributed by atoms with van der Waals surface area (Å²) in [7, 11) is 0. The number of benzene rings is 1. The molecular weight excluding hydrogens is 400 g/mol. The van der Waals surface area contributed by atoms with E-state index in [-0.39, 0.29) is 0 Å². The van der Waals surface area contributed by atoms with Crippen molar-refractivity contribution in [1.29, 1.82) is 0 Å². The van der Waals surface area contributed by atoms with Crippen molar-refractivity contribution in [2.24, 2.45) is 0 Å². The zero-order valence-electron chi connectivity index (χ0n) is 11.4. The second-order valence-corrected chi connectivity index (χ2v) is 7.10. The molecule has 20 heavy (non-hydrogen) atoms. The van der Waals surface area contributed by atoms with Crippen molar-refractivity contribution >= 4 is 43.6 Å². The molecule has 0 spiro atoms. The maximum Gasteiger partial charge on any atom is 0.115 e. The first-order valence-electron chi connectivity index (χ1n) is 6.43. The van der Waals surface area contributed by atoms with Crippen LogP contribution in [0.5, 0.6) is 0 Å². The van der Waals surface area contributed by atoms with Crippen molar-refractivity contribution in [3.63, 3.8) is 0 Å². The molecule has 0 aliphatic carbocycles. The van der Waals surface area contributed by atoms with Gasteiger partial charge in [-0.1, -0.05) is 24.8 Å². The summed E-state index contributed by atoms with van der Waals surface area (Å²) in [5.41, 5.74) is 1.28. The molecule has 1 aromatic carbocycles. The Kier molecular flexibility index (Phi) is 6.08. The highest BCUT2D eigenvalue weighted by molar-refractivity contribution is 9.11. The molecule has 0 radical (unpaired) electrons. The summed E-state index contributed by atoms with van der Waals surface area (Å²) in [6.07, 6.45) is 1.81. The number of halogens is 2. The lowest BCUT2D eigenvalue weighted by atomic mass is 10.1. The highest BCUT2D eigenvalue weighted by atomic mass is 79.9. The predicted octanol–water partition coefficient (Wildman–Crippen LogP) is 5.43. The minimum atomic E-state index is 0.358. The third kappa shape index (κ3) is 4.07. The maximum atomic E-state index is 4.38. The standard InChI is InChI=1S/C15H16Br2N2S/c1-3-18-10(2)11-6-7-14(13(17)9-11)20-15-12(16)5-4-8-19-15/h4-10,18H,3H2,1-2H3. The first kappa shape index (κ1) is 16.0. The summed E-state index contributed by atoms with van der Waals surface area (Å²) < 4.78 is 2.12. The van der Waals surface area contributed by atoms with E-state index in [1.807, 2.05) is 18.3 Å². The molecule has 1 atom stereocenters. The van der Waals surface area contributed by atoms with Crippen LogP contribution in [0.15, 0.2) is 55.4 Å². The van der Waals surface area contributed by atoms with Crippen LogP contribution in [0, 0.1) is 0 Å². The Morgan fingerprint density at radius 1 is 1.25 bits per heavy atom. The number of hydrogen-bond acceptors (Lipinski definition) is 3. The van der Waals surface area contributed by atoms with Gasteiger partial charge in [0.05, 0.1) is 4.47 Å². The fraction of sp³-hybridized carbons (Fsp3) is 0.267. The van der Waals surface area contributed by atoms with Gasteiger partial charge in [0, 0.05) is 21.6 Å². The molecule has 0 bridgehead atoms. The Balaban J connectivity index is 2.20. The first-order chi connectivity index (χ1) is 9.61. The van der Waals surface area contributed by atoms with Gasteiger partial charge >= 0.3 is 0 Å². The highest BCUT2D eigenvalue weighted by Gasteiger charge is 2.10. The Hall–Kier alpha value is -0.360. The molecule has 1 unspecified atom stereocenters. The number of nitrogens with zero attached hydrogens (tertiary/aromatic N) is 1. The molecule has 2 aromatic rings. The molecule has 1 N–H and O–H groups in total. The fourth-order valence-electron chi connectivity index (χ4n) is 1.84. The summed E-state index contributed by atoms with van der Waals surface area (Å²) in [4.78, 5) is 5.55. The van der Waals surface area contributed by atoms with E-state index in [1.165, 1.54) is 5.56 Å². The molecule has 2 rings (SSSR count). The zero-order chi connectivity index (χ0) is 14.5. The Morgan fingerprint density at radius 2 is 2.05 bits per heavy atom. The third-order valence-electron chi connectivity index (χ3n) is 2.90. The second-order valence-electron chi connectivity index (χ2n) is 4.36. The lowest BCUT2D eigenvalue weighted by Crippen LogP contribution is -2.17. The average molecular weight is 416 g/mol. The number of hydrogen-bond donors (Lipinski definition) is 1. The largest absolute Gasteiger partial charge is 0.310 e. The predicted molar refractivity (Wildman–Crippen MR) is 92.3 cm³/mol. The van der Waals surface area contributed by atoms with Crippen LogP contribution in [-0.4, -0.2) is 11.5 Å². The third-order valence-corrected chi connectivity index (χ3v) is 5.81. The van der Waals surface area contributed by atoms with Crippen LogP contribution in [-0.2, 0) is 0 Å². The van der Waals surface area contributed by atoms with E-state index in [4.69, 9.17) is 0 Å². The van der Waals surface area contributed by atoms with Crippen molar-refractivity contribution in [1.82, 2.24) is 10.3 Å². The van der Waals surface area contributed by atoms with Crippen LogP contribution in [0.3, 0.4) is 0 Å². The number of pyridine rings is 1. The molecule has 0 aliphatic heterocycles. The van der Waals surface area contributed by atoms with E-state index in [0.29, 0.717) is 6.04 Å². The summed E-state index contributed by atoms with van der Waals surface area (Å²) in [5, 5.41) is 4.39. The van der Waals surface area contributed by atoms with Crippen molar-refractivity contribution < 1.29 is 0 Å². The van der Waals surface area contributed by atoms with Crippen molar-refractivity contribution in [3.8, 4) is 0 Å². The quantitative estimate of drug-likeness (QED) is 0.704. The number of aromatic nitrogens is 1. The van der Waals surface area contributed by atoms with Crippen molar-refractivity contribution in [2.75, 3.05) is 6.54 Å². The zero-order valence-corrected chi connectivity index (χ0v) is 15.3. The summed E-state index contributed by atoms with van der Waals surface area (Å²) in [5.74, 6) is 0. The van der Waals surface area contributed by atoms with Crippen LogP contribution >= 0.6 is 43.6 Å². The Bertz CT molecular complexity index is 590. The SMILES string of the molecule is CCNC(C)c1ccc(Sc2ncccc2Br)c(Br)c1. The topological polar surface area (TPSA) is 24.9 Å². The van der Waals surface area contributed by atoms with Gasteiger partial charge in [0.25, 0.3) is 0 Å². The molecule has 0 saturated carbocycles. The molecule has 2 nitrogen and oxygen atoms in total. The van der Waals surface area contributed by atoms with Gasteiger partial charge in [-0.2, -0.15) is 0 Å². The van der Waals surface area contributed by atoms with Gasteiger partial charge in [-0.25, -0.2) is 4.98 Å². The number of nitrogens with one attached hydrogen (secondary N) is 1. The Morgan fingerprint density at radius 3 is 2.70 bits per heavy atom. The minimum Gasteiger partial charge on any atom is -0.310 e. The second kappa shape index (κ2) is 7.59. The highest BCUT2D eigenvalue weighted by Crippen LogP contribution is 2.36. The number of rotatable bonds is 5. The van der Waals surface area contributed by atoms with E-state index in [2.05, 4.69) is 74.2 Å². The maximum absolute atomic E-state index is 4.38. The minimum absolute atomic E-state index is 0.358. The van der Waals surface area contributed by atoms with Crippen molar-refractivity contribution in [2.45, 2.75) is 29.8 Å². The van der Waals surface area contributed by atoms with E-state index in [9.17, 15) is 0 Å². The monoisotopic (exact) mass is 414 g/mol. The fourth-order valence-corrected chi connectivity index (χ4v) is 3.76. The van der Waals surface area contributed by atoms with Crippen molar-refractivity contribution in [3.05, 3.63) is 51.0 Å². The van der Waals surface area contributed by atoms with Gasteiger partial charge in [-0.15, -0.1) is 0 Å². The van der Waals surface area contributed by atoms with Gasteiger partial charge in [-0.05, 0) is 75.2 Å². The van der Waals surface area contributed by atoms with Gasteiger partial charge in [0.2, 0.25) is 0 Å². The normalized spacial score (nSPS) is 12.4. The van der Waals surface area contributed by atoms with Crippen LogP contribution in [0.25, 0.3) is 0 Å². The van der Waals surface area contributed by atoms with E-state index in [1.54, 1.807) is 11.8 Å². The van der Waals surface area contributed by atoms with Crippen LogP contribution in [0.1, 0.15) is 25.5 Å². The first-order valence-corrected chi connectivity index (χ1v) is 8.83. The summed E-state index contributed by atoms with van der Waals surface area (Å²) >= 11 is 8.83. The van der Waals surface area contributed by atoms with E-state index < -0.39 is 0 Å². The van der Waals surface area contributed by atoms with Gasteiger partial charge in [-0.3, -0.25) is 0 Å². The Labute approximate surface area is 141 Å². The molecule has 0 aliphatic rings. The van der Waals surface area contributed by atoms with Gasteiger partial charge in [0.15, 0.2) is 0 Å². The smallest absolute Gasteiger partial charge is 0.115 e. The van der Waals surface area contributed by atoms with Gasteiger partial charge < -0.3 is 5.32 Å². The molecule has 1 heterocycles. The molecular formula is C15H16Br2N2S. The lowest BCUT2D eigenvalue weighted by Gasteiger charge is -2.14. The average Bonchev–Trinajstić information content (AvgIpc) is 2.43. The van der Waals surface area contributed by atoms with Crippen LogP contribution in [0.4, 0.5) is 0 Å². The van der Waals surface area contributed by atoms with E-state index in [0.717, 1.165) is 25.4 Å².